The second-order valence-electron chi connectivity index (χ2n) is 8.01. The number of amides is 1. The molecule has 1 amide bonds. The lowest BCUT2D eigenvalue weighted by atomic mass is 10.2. The highest BCUT2D eigenvalue weighted by molar-refractivity contribution is 7.89. The third kappa shape index (κ3) is 4.85. The molecule has 0 N–H and O–H groups in total. The number of aromatic nitrogens is 2. The van der Waals surface area contributed by atoms with E-state index in [-0.39, 0.29) is 23.4 Å². The van der Waals surface area contributed by atoms with Crippen LogP contribution in [0.1, 0.15) is 42.9 Å². The van der Waals surface area contributed by atoms with Gasteiger partial charge in [-0.3, -0.25) is 4.79 Å². The maximum Gasteiger partial charge on any atom is 0.243 e. The van der Waals surface area contributed by atoms with Crippen LogP contribution in [0.3, 0.4) is 0 Å². The van der Waals surface area contributed by atoms with Gasteiger partial charge in [0.25, 0.3) is 0 Å². The lowest BCUT2D eigenvalue weighted by Crippen LogP contribution is -2.31. The van der Waals surface area contributed by atoms with Gasteiger partial charge in [0.2, 0.25) is 15.9 Å². The van der Waals surface area contributed by atoms with Crippen molar-refractivity contribution >= 4 is 21.7 Å². The Morgan fingerprint density at radius 3 is 2.55 bits per heavy atom. The second-order valence-corrected chi connectivity index (χ2v) is 10.1. The monoisotopic (exact) mass is 449 g/mol. The van der Waals surface area contributed by atoms with Crippen molar-refractivity contribution in [2.45, 2.75) is 44.2 Å². The fourth-order valence-electron chi connectivity index (χ4n) is 3.60. The summed E-state index contributed by atoms with van der Waals surface area (Å²) in [6.45, 7) is 3.74. The first kappa shape index (κ1) is 23.1. The number of nitrogens with zero attached hydrogens (tertiary/aromatic N) is 5. The quantitative estimate of drug-likeness (QED) is 0.674. The van der Waals surface area contributed by atoms with Gasteiger partial charge in [0.15, 0.2) is 5.82 Å². The van der Waals surface area contributed by atoms with Crippen molar-refractivity contribution in [2.75, 3.05) is 32.6 Å². The average molecular weight is 450 g/mol. The standard InChI is InChI=1S/C21H28FN5O3S/c1-14-8-9-17(12-18(14)22)31(29,30)26(5)13-16-11-20(25(3)4)24-21(23-16)19-7-6-10-27(19)15(2)28/h8-9,11-12,19H,6-7,10,13H2,1-5H3. The number of carbonyl (C=O) groups excluding carboxylic acids is 1. The molecule has 0 aliphatic carbocycles. The van der Waals surface area contributed by atoms with Crippen molar-refractivity contribution in [3.05, 3.63) is 47.2 Å². The van der Waals surface area contributed by atoms with Crippen LogP contribution in [-0.2, 0) is 21.4 Å². The Kier molecular flexibility index (Phi) is 6.61. The number of benzene rings is 1. The van der Waals surface area contributed by atoms with Crippen LogP contribution < -0.4 is 4.90 Å². The van der Waals surface area contributed by atoms with Gasteiger partial charge in [-0.05, 0) is 37.5 Å². The van der Waals surface area contributed by atoms with Gasteiger partial charge in [-0.2, -0.15) is 4.31 Å². The molecule has 3 rings (SSSR count). The largest absolute Gasteiger partial charge is 0.363 e. The minimum atomic E-state index is -3.91. The molecule has 1 saturated heterocycles. The number of halogens is 1. The minimum Gasteiger partial charge on any atom is -0.363 e. The van der Waals surface area contributed by atoms with E-state index in [1.165, 1.54) is 26.1 Å². The van der Waals surface area contributed by atoms with Crippen LogP contribution >= 0.6 is 0 Å². The molecule has 0 bridgehead atoms. The number of hydrogen-bond acceptors (Lipinski definition) is 6. The number of carbonyl (C=O) groups is 1. The third-order valence-electron chi connectivity index (χ3n) is 5.43. The summed E-state index contributed by atoms with van der Waals surface area (Å²) >= 11 is 0. The van der Waals surface area contributed by atoms with Crippen LogP contribution in [0.25, 0.3) is 0 Å². The molecule has 2 heterocycles. The van der Waals surface area contributed by atoms with Crippen molar-refractivity contribution in [2.24, 2.45) is 0 Å². The number of sulfonamides is 1. The van der Waals surface area contributed by atoms with E-state index >= 15 is 0 Å². The van der Waals surface area contributed by atoms with Gasteiger partial charge in [-0.25, -0.2) is 22.8 Å². The highest BCUT2D eigenvalue weighted by atomic mass is 32.2. The van der Waals surface area contributed by atoms with E-state index in [4.69, 9.17) is 0 Å². The third-order valence-corrected chi connectivity index (χ3v) is 7.23. The molecule has 31 heavy (non-hydrogen) atoms. The van der Waals surface area contributed by atoms with Crippen LogP contribution in [-0.4, -0.2) is 61.2 Å². The molecule has 1 unspecified atom stereocenters. The molecule has 2 aromatic rings. The van der Waals surface area contributed by atoms with Crippen LogP contribution in [0.2, 0.25) is 0 Å². The predicted molar refractivity (Wildman–Crippen MR) is 116 cm³/mol. The molecule has 1 aliphatic rings. The Morgan fingerprint density at radius 2 is 1.94 bits per heavy atom. The summed E-state index contributed by atoms with van der Waals surface area (Å²) in [5.74, 6) is 0.520. The van der Waals surface area contributed by atoms with E-state index in [9.17, 15) is 17.6 Å². The molecule has 0 spiro atoms. The summed E-state index contributed by atoms with van der Waals surface area (Å²) in [4.78, 5) is 24.6. The Balaban J connectivity index is 1.93. The molecule has 10 heteroatoms. The minimum absolute atomic E-state index is 0.0129. The summed E-state index contributed by atoms with van der Waals surface area (Å²) in [6.07, 6.45) is 1.62. The van der Waals surface area contributed by atoms with Gasteiger partial charge in [-0.15, -0.1) is 0 Å². The first-order chi connectivity index (χ1) is 14.5. The SMILES string of the molecule is CC(=O)N1CCCC1c1nc(CN(C)S(=O)(=O)c2ccc(C)c(F)c2)cc(N(C)C)n1. The summed E-state index contributed by atoms with van der Waals surface area (Å²) < 4.78 is 41.0. The Labute approximate surface area is 182 Å². The highest BCUT2D eigenvalue weighted by Gasteiger charge is 2.31. The van der Waals surface area contributed by atoms with Crippen molar-refractivity contribution in [3.8, 4) is 0 Å². The fraction of sp³-hybridized carbons (Fsp3) is 0.476. The van der Waals surface area contributed by atoms with Gasteiger partial charge in [-0.1, -0.05) is 6.07 Å². The molecular weight excluding hydrogens is 421 g/mol. The maximum absolute atomic E-state index is 13.9. The zero-order valence-electron chi connectivity index (χ0n) is 18.5. The second kappa shape index (κ2) is 8.88. The fourth-order valence-corrected chi connectivity index (χ4v) is 4.76. The van der Waals surface area contributed by atoms with Crippen molar-refractivity contribution in [1.82, 2.24) is 19.2 Å². The van der Waals surface area contributed by atoms with Crippen LogP contribution in [0.15, 0.2) is 29.2 Å². The van der Waals surface area contributed by atoms with Gasteiger partial charge < -0.3 is 9.80 Å². The zero-order chi connectivity index (χ0) is 22.9. The molecule has 0 radical (unpaired) electrons. The van der Waals surface area contributed by atoms with Crippen molar-refractivity contribution < 1.29 is 17.6 Å². The molecule has 1 fully saturated rings. The molecule has 168 valence electrons. The van der Waals surface area contributed by atoms with E-state index in [0.717, 1.165) is 23.2 Å². The number of hydrogen-bond donors (Lipinski definition) is 0. The normalized spacial score (nSPS) is 16.7. The number of rotatable bonds is 6. The Hall–Kier alpha value is -2.59. The topological polar surface area (TPSA) is 86.7 Å². The molecule has 1 aromatic carbocycles. The van der Waals surface area contributed by atoms with Gasteiger partial charge in [0.05, 0.1) is 23.2 Å². The summed E-state index contributed by atoms with van der Waals surface area (Å²) in [5.41, 5.74) is 0.881. The molecule has 1 aromatic heterocycles. The lowest BCUT2D eigenvalue weighted by Gasteiger charge is -2.24. The average Bonchev–Trinajstić information content (AvgIpc) is 3.20. The Bertz CT molecular complexity index is 1090. The summed E-state index contributed by atoms with van der Waals surface area (Å²) in [6, 6.07) is 5.35. The number of anilines is 1. The van der Waals surface area contributed by atoms with E-state index in [2.05, 4.69) is 9.97 Å². The van der Waals surface area contributed by atoms with Gasteiger partial charge >= 0.3 is 0 Å². The number of aryl methyl sites for hydroxylation is 1. The maximum atomic E-state index is 13.9. The first-order valence-electron chi connectivity index (χ1n) is 10.1. The van der Waals surface area contributed by atoms with Crippen LogP contribution in [0, 0.1) is 12.7 Å². The van der Waals surface area contributed by atoms with E-state index in [0.29, 0.717) is 29.4 Å². The van der Waals surface area contributed by atoms with Gasteiger partial charge in [0, 0.05) is 40.7 Å². The summed E-state index contributed by atoms with van der Waals surface area (Å²) in [5, 5.41) is 0. The Morgan fingerprint density at radius 1 is 1.23 bits per heavy atom. The van der Waals surface area contributed by atoms with Crippen LogP contribution in [0.5, 0.6) is 0 Å². The zero-order valence-corrected chi connectivity index (χ0v) is 19.3. The van der Waals surface area contributed by atoms with Gasteiger partial charge in [0.1, 0.15) is 11.6 Å². The van der Waals surface area contributed by atoms with E-state index in [1.807, 2.05) is 19.0 Å². The first-order valence-corrected chi connectivity index (χ1v) is 11.5. The molecular formula is C21H28FN5O3S. The molecule has 0 saturated carbocycles. The van der Waals surface area contributed by atoms with Crippen molar-refractivity contribution in [3.63, 3.8) is 0 Å². The number of likely N-dealkylation sites (tertiary alicyclic amines) is 1. The van der Waals surface area contributed by atoms with E-state index < -0.39 is 15.8 Å². The summed E-state index contributed by atoms with van der Waals surface area (Å²) in [7, 11) is 1.19. The lowest BCUT2D eigenvalue weighted by molar-refractivity contribution is -0.129. The van der Waals surface area contributed by atoms with Crippen LogP contribution in [0.4, 0.5) is 10.2 Å². The predicted octanol–water partition coefficient (Wildman–Crippen LogP) is 2.49. The molecule has 1 atom stereocenters. The highest BCUT2D eigenvalue weighted by Crippen LogP contribution is 2.31. The van der Waals surface area contributed by atoms with E-state index in [1.54, 1.807) is 17.9 Å². The molecule has 8 nitrogen and oxygen atoms in total. The molecule has 1 aliphatic heterocycles. The smallest absolute Gasteiger partial charge is 0.243 e. The van der Waals surface area contributed by atoms with Crippen molar-refractivity contribution in [1.29, 1.82) is 0 Å².